The average molecular weight is 412 g/mol. The summed E-state index contributed by atoms with van der Waals surface area (Å²) in [7, 11) is 0. The minimum atomic E-state index is -0.289. The van der Waals surface area contributed by atoms with Crippen molar-refractivity contribution < 1.29 is 14.0 Å². The number of carbonyl (C=O) groups is 2. The summed E-state index contributed by atoms with van der Waals surface area (Å²) in [6.07, 6.45) is 0.413. The number of benzene rings is 2. The number of rotatable bonds is 7. The predicted molar refractivity (Wildman–Crippen MR) is 115 cm³/mol. The zero-order chi connectivity index (χ0) is 21.5. The number of likely N-dealkylation sites (N-methyl/N-ethyl adjacent to an activating group) is 1. The molecule has 0 bridgehead atoms. The number of hydrogen-bond donors (Lipinski definition) is 0. The maximum Gasteiger partial charge on any atom is 0.237 e. The van der Waals surface area contributed by atoms with E-state index in [1.54, 1.807) is 11.0 Å². The summed E-state index contributed by atoms with van der Waals surface area (Å²) in [6, 6.07) is 14.4. The maximum atomic E-state index is 13.4. The Morgan fingerprint density at radius 2 is 1.70 bits per heavy atom. The van der Waals surface area contributed by atoms with Gasteiger partial charge in [-0.25, -0.2) is 4.39 Å². The van der Waals surface area contributed by atoms with Crippen LogP contribution >= 0.6 is 0 Å². The van der Waals surface area contributed by atoms with Gasteiger partial charge in [0, 0.05) is 39.3 Å². The Hall–Kier alpha value is -2.73. The van der Waals surface area contributed by atoms with Crippen LogP contribution in [0.1, 0.15) is 23.6 Å². The Bertz CT molecular complexity index is 861. The summed E-state index contributed by atoms with van der Waals surface area (Å²) in [5, 5.41) is 0. The maximum absolute atomic E-state index is 13.4. The fraction of sp³-hybridized carbons (Fsp3) is 0.417. The third kappa shape index (κ3) is 6.13. The average Bonchev–Trinajstić information content (AvgIpc) is 2.74. The van der Waals surface area contributed by atoms with Gasteiger partial charge >= 0.3 is 0 Å². The molecule has 1 aliphatic heterocycles. The zero-order valence-electron chi connectivity index (χ0n) is 17.8. The van der Waals surface area contributed by atoms with Crippen LogP contribution in [0.15, 0.2) is 48.5 Å². The standard InChI is InChI=1S/C24H30FN3O2/c1-3-27(17-21-5-4-6-22(25)15-21)24(30)18-26-11-13-28(14-12-26)23(29)16-20-9-7-19(2)8-10-20/h4-10,15H,3,11-14,16-18H2,1-2H3. The molecule has 0 N–H and O–H groups in total. The summed E-state index contributed by atoms with van der Waals surface area (Å²) < 4.78 is 13.4. The number of hydrogen-bond acceptors (Lipinski definition) is 3. The van der Waals surface area contributed by atoms with Crippen LogP contribution in [-0.4, -0.2) is 65.8 Å². The molecule has 6 heteroatoms. The van der Waals surface area contributed by atoms with Crippen molar-refractivity contribution in [3.05, 3.63) is 71.0 Å². The highest BCUT2D eigenvalue weighted by Gasteiger charge is 2.24. The molecule has 0 unspecified atom stereocenters. The molecule has 5 nitrogen and oxygen atoms in total. The second-order valence-electron chi connectivity index (χ2n) is 7.86. The van der Waals surface area contributed by atoms with Crippen molar-refractivity contribution >= 4 is 11.8 Å². The van der Waals surface area contributed by atoms with Crippen LogP contribution in [0.4, 0.5) is 4.39 Å². The van der Waals surface area contributed by atoms with E-state index >= 15 is 0 Å². The molecule has 2 aromatic rings. The fourth-order valence-corrected chi connectivity index (χ4v) is 3.67. The Labute approximate surface area is 178 Å². The third-order valence-corrected chi connectivity index (χ3v) is 5.56. The summed E-state index contributed by atoms with van der Waals surface area (Å²) in [5.41, 5.74) is 3.00. The van der Waals surface area contributed by atoms with Crippen LogP contribution in [0, 0.1) is 12.7 Å². The highest BCUT2D eigenvalue weighted by atomic mass is 19.1. The topological polar surface area (TPSA) is 43.9 Å². The molecule has 0 radical (unpaired) electrons. The molecule has 2 amide bonds. The smallest absolute Gasteiger partial charge is 0.237 e. The van der Waals surface area contributed by atoms with Gasteiger partial charge in [-0.2, -0.15) is 0 Å². The molecule has 160 valence electrons. The van der Waals surface area contributed by atoms with Gasteiger partial charge in [0.05, 0.1) is 13.0 Å². The van der Waals surface area contributed by atoms with E-state index in [-0.39, 0.29) is 17.6 Å². The first-order valence-electron chi connectivity index (χ1n) is 10.5. The van der Waals surface area contributed by atoms with Crippen molar-refractivity contribution in [2.45, 2.75) is 26.8 Å². The zero-order valence-corrected chi connectivity index (χ0v) is 17.8. The van der Waals surface area contributed by atoms with Gasteiger partial charge in [0.2, 0.25) is 11.8 Å². The molecule has 0 aliphatic carbocycles. The SMILES string of the molecule is CCN(Cc1cccc(F)c1)C(=O)CN1CCN(C(=O)Cc2ccc(C)cc2)CC1. The molecule has 1 fully saturated rings. The highest BCUT2D eigenvalue weighted by molar-refractivity contribution is 5.79. The summed E-state index contributed by atoms with van der Waals surface area (Å²) in [5.74, 6) is -0.130. The lowest BCUT2D eigenvalue weighted by molar-refractivity contribution is -0.135. The van der Waals surface area contributed by atoms with Gasteiger partial charge in [0.15, 0.2) is 0 Å². The molecule has 1 aliphatic rings. The highest BCUT2D eigenvalue weighted by Crippen LogP contribution is 2.11. The van der Waals surface area contributed by atoms with Crippen LogP contribution in [0.2, 0.25) is 0 Å². The third-order valence-electron chi connectivity index (χ3n) is 5.56. The number of carbonyl (C=O) groups excluding carboxylic acids is 2. The van der Waals surface area contributed by atoms with Gasteiger partial charge in [0.25, 0.3) is 0 Å². The van der Waals surface area contributed by atoms with E-state index in [0.717, 1.165) is 11.1 Å². The molecule has 0 saturated carbocycles. The van der Waals surface area contributed by atoms with Gasteiger partial charge in [0.1, 0.15) is 5.82 Å². The molecule has 30 heavy (non-hydrogen) atoms. The lowest BCUT2D eigenvalue weighted by Crippen LogP contribution is -2.51. The van der Waals surface area contributed by atoms with Crippen LogP contribution in [0.5, 0.6) is 0 Å². The van der Waals surface area contributed by atoms with Crippen LogP contribution in [-0.2, 0) is 22.6 Å². The minimum absolute atomic E-state index is 0.0289. The number of halogens is 1. The first-order chi connectivity index (χ1) is 14.4. The van der Waals surface area contributed by atoms with Crippen LogP contribution in [0.3, 0.4) is 0 Å². The minimum Gasteiger partial charge on any atom is -0.340 e. The van der Waals surface area contributed by atoms with E-state index in [9.17, 15) is 14.0 Å². The Morgan fingerprint density at radius 1 is 1.00 bits per heavy atom. The molecule has 0 spiro atoms. The molecule has 1 heterocycles. The van der Waals surface area contributed by atoms with E-state index in [4.69, 9.17) is 0 Å². The van der Waals surface area contributed by atoms with E-state index in [0.29, 0.717) is 52.2 Å². The van der Waals surface area contributed by atoms with Gasteiger partial charge < -0.3 is 9.80 Å². The van der Waals surface area contributed by atoms with Gasteiger partial charge in [-0.3, -0.25) is 14.5 Å². The normalized spacial score (nSPS) is 14.6. The monoisotopic (exact) mass is 411 g/mol. The van der Waals surface area contributed by atoms with Gasteiger partial charge in [-0.05, 0) is 37.1 Å². The van der Waals surface area contributed by atoms with Crippen molar-refractivity contribution in [3.63, 3.8) is 0 Å². The molecule has 1 saturated heterocycles. The lowest BCUT2D eigenvalue weighted by atomic mass is 10.1. The van der Waals surface area contributed by atoms with Crippen molar-refractivity contribution in [3.8, 4) is 0 Å². The molecule has 0 aromatic heterocycles. The van der Waals surface area contributed by atoms with Crippen molar-refractivity contribution in [1.82, 2.24) is 14.7 Å². The van der Waals surface area contributed by atoms with E-state index < -0.39 is 0 Å². The number of nitrogens with zero attached hydrogens (tertiary/aromatic N) is 3. The largest absolute Gasteiger partial charge is 0.340 e. The molecule has 2 aromatic carbocycles. The fourth-order valence-electron chi connectivity index (χ4n) is 3.67. The Morgan fingerprint density at radius 3 is 2.33 bits per heavy atom. The second kappa shape index (κ2) is 10.3. The Kier molecular flexibility index (Phi) is 7.57. The molecular formula is C24H30FN3O2. The number of aryl methyl sites for hydroxylation is 1. The Balaban J connectivity index is 1.46. The van der Waals surface area contributed by atoms with E-state index in [1.165, 1.54) is 17.7 Å². The number of amides is 2. The van der Waals surface area contributed by atoms with Crippen molar-refractivity contribution in [2.24, 2.45) is 0 Å². The molecule has 0 atom stereocenters. The van der Waals surface area contributed by atoms with E-state index in [1.807, 2.05) is 49.1 Å². The summed E-state index contributed by atoms with van der Waals surface area (Å²) in [4.78, 5) is 31.0. The predicted octanol–water partition coefficient (Wildman–Crippen LogP) is 2.87. The molecular weight excluding hydrogens is 381 g/mol. The number of piperazine rings is 1. The van der Waals surface area contributed by atoms with Crippen LogP contribution in [0.25, 0.3) is 0 Å². The van der Waals surface area contributed by atoms with Gasteiger partial charge in [-0.15, -0.1) is 0 Å². The first-order valence-corrected chi connectivity index (χ1v) is 10.5. The van der Waals surface area contributed by atoms with Crippen molar-refractivity contribution in [1.29, 1.82) is 0 Å². The summed E-state index contributed by atoms with van der Waals surface area (Å²) in [6.45, 7) is 7.90. The van der Waals surface area contributed by atoms with E-state index in [2.05, 4.69) is 4.90 Å². The van der Waals surface area contributed by atoms with Gasteiger partial charge in [-0.1, -0.05) is 42.0 Å². The molecule has 3 rings (SSSR count). The second-order valence-corrected chi connectivity index (χ2v) is 7.86. The van der Waals surface area contributed by atoms with Crippen molar-refractivity contribution in [2.75, 3.05) is 39.3 Å². The quantitative estimate of drug-likeness (QED) is 0.704. The lowest BCUT2D eigenvalue weighted by Gasteiger charge is -2.35. The summed E-state index contributed by atoms with van der Waals surface area (Å²) >= 11 is 0. The van der Waals surface area contributed by atoms with Crippen LogP contribution < -0.4 is 0 Å². The first kappa shape index (κ1) is 22.0.